The zero-order chi connectivity index (χ0) is 10.6. The van der Waals surface area contributed by atoms with Crippen molar-refractivity contribution >= 4 is 11.6 Å². The van der Waals surface area contributed by atoms with Crippen LogP contribution in [0.2, 0.25) is 5.02 Å². The second-order valence-corrected chi connectivity index (χ2v) is 3.26. The van der Waals surface area contributed by atoms with Gasteiger partial charge in [-0.3, -0.25) is 0 Å². The molecule has 0 bridgehead atoms. The van der Waals surface area contributed by atoms with Crippen molar-refractivity contribution in [2.24, 2.45) is 0 Å². The highest BCUT2D eigenvalue weighted by atomic mass is 35.5. The van der Waals surface area contributed by atoms with E-state index >= 15 is 0 Å². The second-order valence-electron chi connectivity index (χ2n) is 2.86. The van der Waals surface area contributed by atoms with Gasteiger partial charge >= 0.3 is 0 Å². The number of benzene rings is 1. The molecule has 1 rings (SSSR count). The first kappa shape index (κ1) is 11.0. The summed E-state index contributed by atoms with van der Waals surface area (Å²) >= 11 is 5.81. The number of halogens is 2. The first-order valence-electron chi connectivity index (χ1n) is 4.20. The molecule has 0 saturated heterocycles. The summed E-state index contributed by atoms with van der Waals surface area (Å²) in [5.41, 5.74) is 0.964. The van der Waals surface area contributed by atoms with E-state index in [0.717, 1.165) is 0 Å². The van der Waals surface area contributed by atoms with Crippen LogP contribution >= 0.6 is 11.6 Å². The van der Waals surface area contributed by atoms with Crippen LogP contribution in [0, 0.1) is 24.6 Å². The lowest BCUT2D eigenvalue weighted by Crippen LogP contribution is -1.87. The zero-order valence-corrected chi connectivity index (χ0v) is 8.53. The Morgan fingerprint density at radius 3 is 2.86 bits per heavy atom. The summed E-state index contributed by atoms with van der Waals surface area (Å²) in [6.07, 6.45) is 0.338. The van der Waals surface area contributed by atoms with E-state index in [1.807, 2.05) is 0 Å². The van der Waals surface area contributed by atoms with E-state index < -0.39 is 0 Å². The molecule has 0 saturated carbocycles. The minimum atomic E-state index is -0.377. The van der Waals surface area contributed by atoms with Crippen LogP contribution in [-0.2, 0) is 0 Å². The predicted molar refractivity (Wildman–Crippen MR) is 54.7 cm³/mol. The molecule has 1 aromatic rings. The molecule has 0 aliphatic carbocycles. The van der Waals surface area contributed by atoms with Crippen molar-refractivity contribution in [2.45, 2.75) is 13.3 Å². The van der Waals surface area contributed by atoms with Gasteiger partial charge in [0.1, 0.15) is 5.82 Å². The van der Waals surface area contributed by atoms with Gasteiger partial charge < -0.3 is 5.11 Å². The quantitative estimate of drug-likeness (QED) is 0.710. The number of aliphatic hydroxyl groups excluding tert-OH is 1. The number of aryl methyl sites for hydroxylation is 1. The average Bonchev–Trinajstić information content (AvgIpc) is 2.14. The first-order valence-corrected chi connectivity index (χ1v) is 4.58. The molecule has 0 radical (unpaired) electrons. The van der Waals surface area contributed by atoms with Crippen LogP contribution in [-0.4, -0.2) is 11.7 Å². The first-order chi connectivity index (χ1) is 6.65. The highest BCUT2D eigenvalue weighted by molar-refractivity contribution is 6.31. The Bertz CT molecular complexity index is 390. The summed E-state index contributed by atoms with van der Waals surface area (Å²) in [6.45, 7) is 1.71. The van der Waals surface area contributed by atoms with Crippen molar-refractivity contribution in [3.05, 3.63) is 34.1 Å². The van der Waals surface area contributed by atoms with Crippen molar-refractivity contribution in [3.63, 3.8) is 0 Å². The maximum Gasteiger partial charge on any atom is 0.139 e. The Morgan fingerprint density at radius 1 is 1.50 bits per heavy atom. The van der Waals surface area contributed by atoms with Gasteiger partial charge in [-0.15, -0.1) is 0 Å². The molecule has 0 unspecified atom stereocenters. The van der Waals surface area contributed by atoms with Crippen molar-refractivity contribution in [1.29, 1.82) is 0 Å². The summed E-state index contributed by atoms with van der Waals surface area (Å²) in [5.74, 6) is 4.88. The lowest BCUT2D eigenvalue weighted by molar-refractivity contribution is 0.305. The molecule has 0 aliphatic heterocycles. The third kappa shape index (κ3) is 2.73. The number of hydrogen-bond acceptors (Lipinski definition) is 1. The third-order valence-electron chi connectivity index (χ3n) is 1.71. The highest BCUT2D eigenvalue weighted by Gasteiger charge is 2.02. The molecule has 1 N–H and O–H groups in total. The zero-order valence-electron chi connectivity index (χ0n) is 7.77. The van der Waals surface area contributed by atoms with Crippen LogP contribution in [0.3, 0.4) is 0 Å². The second kappa shape index (κ2) is 4.99. The molecular formula is C11H10ClFO. The summed E-state index contributed by atoms with van der Waals surface area (Å²) in [6, 6.07) is 2.85. The Balaban J connectivity index is 3.00. The molecule has 1 aromatic carbocycles. The molecule has 0 aromatic heterocycles. The number of aliphatic hydroxyl groups is 1. The fraction of sp³-hybridized carbons (Fsp3) is 0.273. The summed E-state index contributed by atoms with van der Waals surface area (Å²) < 4.78 is 13.2. The maximum atomic E-state index is 13.2. The van der Waals surface area contributed by atoms with Gasteiger partial charge in [0.2, 0.25) is 0 Å². The maximum absolute atomic E-state index is 13.2. The molecule has 0 aliphatic rings. The summed E-state index contributed by atoms with van der Waals surface area (Å²) in [5, 5.41) is 8.99. The molecule has 74 valence electrons. The lowest BCUT2D eigenvalue weighted by Gasteiger charge is -1.99. The van der Waals surface area contributed by atoms with Gasteiger partial charge in [-0.1, -0.05) is 23.4 Å². The van der Waals surface area contributed by atoms with Crippen LogP contribution in [0.5, 0.6) is 0 Å². The summed E-state index contributed by atoms with van der Waals surface area (Å²) in [7, 11) is 0. The van der Waals surface area contributed by atoms with Crippen LogP contribution in [0.1, 0.15) is 17.5 Å². The monoisotopic (exact) mass is 212 g/mol. The molecule has 0 atom stereocenters. The number of rotatable bonds is 1. The van der Waals surface area contributed by atoms with Crippen LogP contribution in [0.25, 0.3) is 0 Å². The Labute approximate surface area is 87.5 Å². The van der Waals surface area contributed by atoms with Crippen LogP contribution in [0.15, 0.2) is 12.1 Å². The van der Waals surface area contributed by atoms with E-state index in [-0.39, 0.29) is 18.0 Å². The molecule has 1 nitrogen and oxygen atoms in total. The minimum absolute atomic E-state index is 0.0196. The van der Waals surface area contributed by atoms with E-state index in [1.165, 1.54) is 12.1 Å². The largest absolute Gasteiger partial charge is 0.395 e. The van der Waals surface area contributed by atoms with Gasteiger partial charge in [-0.05, 0) is 24.6 Å². The fourth-order valence-corrected chi connectivity index (χ4v) is 1.12. The standard InChI is InChI=1S/C11H10ClFO/c1-8-6-11(13)9(7-10(8)12)4-2-3-5-14/h6-7,14H,3,5H2,1H3. The topological polar surface area (TPSA) is 20.2 Å². The predicted octanol–water partition coefficient (Wildman–Crippen LogP) is 2.52. The SMILES string of the molecule is Cc1cc(F)c(C#CCCO)cc1Cl. The van der Waals surface area contributed by atoms with Crippen molar-refractivity contribution in [3.8, 4) is 11.8 Å². The van der Waals surface area contributed by atoms with Crippen LogP contribution in [0.4, 0.5) is 4.39 Å². The minimum Gasteiger partial charge on any atom is -0.395 e. The van der Waals surface area contributed by atoms with Gasteiger partial charge in [0.05, 0.1) is 12.2 Å². The number of hydrogen-bond donors (Lipinski definition) is 1. The smallest absolute Gasteiger partial charge is 0.139 e. The van der Waals surface area contributed by atoms with Gasteiger partial charge in [0.25, 0.3) is 0 Å². The average molecular weight is 213 g/mol. The molecule has 0 fully saturated rings. The van der Waals surface area contributed by atoms with Gasteiger partial charge in [-0.25, -0.2) is 4.39 Å². The summed E-state index contributed by atoms with van der Waals surface area (Å²) in [4.78, 5) is 0. The molecule has 14 heavy (non-hydrogen) atoms. The van der Waals surface area contributed by atoms with E-state index in [4.69, 9.17) is 16.7 Å². The van der Waals surface area contributed by atoms with E-state index in [2.05, 4.69) is 11.8 Å². The fourth-order valence-electron chi connectivity index (χ4n) is 0.956. The van der Waals surface area contributed by atoms with Crippen molar-refractivity contribution in [2.75, 3.05) is 6.61 Å². The van der Waals surface area contributed by atoms with Gasteiger partial charge in [0.15, 0.2) is 0 Å². The molecule has 0 spiro atoms. The van der Waals surface area contributed by atoms with Crippen LogP contribution < -0.4 is 0 Å². The lowest BCUT2D eigenvalue weighted by atomic mass is 10.1. The Kier molecular flexibility index (Phi) is 3.94. The molecule has 0 heterocycles. The van der Waals surface area contributed by atoms with E-state index in [9.17, 15) is 4.39 Å². The van der Waals surface area contributed by atoms with Gasteiger partial charge in [0, 0.05) is 11.4 Å². The van der Waals surface area contributed by atoms with E-state index in [1.54, 1.807) is 6.92 Å². The Morgan fingerprint density at radius 2 is 2.21 bits per heavy atom. The normalized spacial score (nSPS) is 9.43. The molecular weight excluding hydrogens is 203 g/mol. The third-order valence-corrected chi connectivity index (χ3v) is 2.12. The van der Waals surface area contributed by atoms with Crippen molar-refractivity contribution < 1.29 is 9.50 Å². The molecule has 3 heteroatoms. The van der Waals surface area contributed by atoms with E-state index in [0.29, 0.717) is 17.0 Å². The van der Waals surface area contributed by atoms with Gasteiger partial charge in [-0.2, -0.15) is 0 Å². The van der Waals surface area contributed by atoms with Crippen molar-refractivity contribution in [1.82, 2.24) is 0 Å². The highest BCUT2D eigenvalue weighted by Crippen LogP contribution is 2.19. The molecule has 0 amide bonds. The Hall–Kier alpha value is -1.04.